The Morgan fingerprint density at radius 3 is 2.53 bits per heavy atom. The molecule has 1 aromatic rings. The van der Waals surface area contributed by atoms with E-state index in [1.54, 1.807) is 6.07 Å². The molecule has 0 bridgehead atoms. The highest BCUT2D eigenvalue weighted by Crippen LogP contribution is 2.36. The van der Waals surface area contributed by atoms with E-state index in [1.807, 2.05) is 0 Å². The van der Waals surface area contributed by atoms with Crippen molar-refractivity contribution in [2.24, 2.45) is 11.7 Å². The molecule has 0 aliphatic heterocycles. The first-order chi connectivity index (χ1) is 8.22. The second-order valence-electron chi connectivity index (χ2n) is 4.91. The first-order valence-electron chi connectivity index (χ1n) is 6.37. The predicted octanol–water partition coefficient (Wildman–Crippen LogP) is 3.59. The van der Waals surface area contributed by atoms with E-state index < -0.39 is 11.6 Å². The molecule has 17 heavy (non-hydrogen) atoms. The van der Waals surface area contributed by atoms with Crippen LogP contribution in [0.4, 0.5) is 8.78 Å². The Kier molecular flexibility index (Phi) is 4.11. The Hall–Kier alpha value is -0.960. The van der Waals surface area contributed by atoms with Crippen LogP contribution in [0.25, 0.3) is 0 Å². The first-order valence-corrected chi connectivity index (χ1v) is 6.37. The smallest absolute Gasteiger partial charge is 0.159 e. The minimum atomic E-state index is -0.772. The SMILES string of the molecule is NCC1CCCCCC1c1ccc(F)c(F)c1. The lowest BCUT2D eigenvalue weighted by Crippen LogP contribution is -2.21. The van der Waals surface area contributed by atoms with Gasteiger partial charge in [0.05, 0.1) is 0 Å². The molecular weight excluding hydrogens is 220 g/mol. The molecule has 1 saturated carbocycles. The summed E-state index contributed by atoms with van der Waals surface area (Å²) >= 11 is 0. The lowest BCUT2D eigenvalue weighted by atomic mass is 9.82. The highest BCUT2D eigenvalue weighted by atomic mass is 19.2. The highest BCUT2D eigenvalue weighted by molar-refractivity contribution is 5.23. The summed E-state index contributed by atoms with van der Waals surface area (Å²) in [5, 5.41) is 0. The van der Waals surface area contributed by atoms with Crippen LogP contribution in [0.5, 0.6) is 0 Å². The van der Waals surface area contributed by atoms with Crippen molar-refractivity contribution in [2.45, 2.75) is 38.0 Å². The van der Waals surface area contributed by atoms with Gasteiger partial charge in [0.15, 0.2) is 11.6 Å². The fraction of sp³-hybridized carbons (Fsp3) is 0.571. The highest BCUT2D eigenvalue weighted by Gasteiger charge is 2.24. The molecule has 0 saturated heterocycles. The summed E-state index contributed by atoms with van der Waals surface area (Å²) in [7, 11) is 0. The Morgan fingerprint density at radius 2 is 1.82 bits per heavy atom. The van der Waals surface area contributed by atoms with E-state index in [1.165, 1.54) is 25.0 Å². The van der Waals surface area contributed by atoms with E-state index in [0.717, 1.165) is 24.8 Å². The molecule has 2 atom stereocenters. The van der Waals surface area contributed by atoms with Gasteiger partial charge in [-0.05, 0) is 48.9 Å². The number of benzene rings is 1. The maximum absolute atomic E-state index is 13.3. The molecule has 2 N–H and O–H groups in total. The molecule has 1 aromatic carbocycles. The maximum atomic E-state index is 13.3. The molecule has 0 heterocycles. The van der Waals surface area contributed by atoms with Crippen LogP contribution < -0.4 is 5.73 Å². The first kappa shape index (κ1) is 12.5. The van der Waals surface area contributed by atoms with Gasteiger partial charge in [-0.25, -0.2) is 8.78 Å². The molecule has 1 nitrogen and oxygen atoms in total. The van der Waals surface area contributed by atoms with E-state index >= 15 is 0 Å². The number of nitrogens with two attached hydrogens (primary N) is 1. The molecule has 2 rings (SSSR count). The fourth-order valence-electron chi connectivity index (χ4n) is 2.85. The Morgan fingerprint density at radius 1 is 1.06 bits per heavy atom. The minimum absolute atomic E-state index is 0.289. The van der Waals surface area contributed by atoms with E-state index in [2.05, 4.69) is 0 Å². The monoisotopic (exact) mass is 239 g/mol. The molecule has 1 aliphatic carbocycles. The fourth-order valence-corrected chi connectivity index (χ4v) is 2.85. The second-order valence-corrected chi connectivity index (χ2v) is 4.91. The lowest BCUT2D eigenvalue weighted by Gasteiger charge is -2.24. The van der Waals surface area contributed by atoms with E-state index in [4.69, 9.17) is 5.73 Å². The summed E-state index contributed by atoms with van der Waals surface area (Å²) in [5.74, 6) is -0.825. The average Bonchev–Trinajstić information content (AvgIpc) is 2.57. The van der Waals surface area contributed by atoms with Gasteiger partial charge in [0.25, 0.3) is 0 Å². The molecule has 94 valence electrons. The summed E-state index contributed by atoms with van der Waals surface area (Å²) in [6.45, 7) is 0.629. The minimum Gasteiger partial charge on any atom is -0.330 e. The van der Waals surface area contributed by atoms with Gasteiger partial charge in [0.1, 0.15) is 0 Å². The van der Waals surface area contributed by atoms with Gasteiger partial charge in [0.2, 0.25) is 0 Å². The standard InChI is InChI=1S/C14H19F2N/c15-13-7-6-10(8-14(13)16)12-5-3-1-2-4-11(12)9-17/h6-8,11-12H,1-5,9,17H2. The predicted molar refractivity (Wildman–Crippen MR) is 64.7 cm³/mol. The Balaban J connectivity index is 2.25. The molecule has 0 radical (unpaired) electrons. The van der Waals surface area contributed by atoms with Crippen LogP contribution in [0.1, 0.15) is 43.6 Å². The van der Waals surface area contributed by atoms with Gasteiger partial charge in [-0.2, -0.15) is 0 Å². The average molecular weight is 239 g/mol. The second kappa shape index (κ2) is 5.58. The summed E-state index contributed by atoms with van der Waals surface area (Å²) in [4.78, 5) is 0. The van der Waals surface area contributed by atoms with E-state index in [0.29, 0.717) is 12.5 Å². The molecule has 3 heteroatoms. The quantitative estimate of drug-likeness (QED) is 0.784. The van der Waals surface area contributed by atoms with Gasteiger partial charge >= 0.3 is 0 Å². The third-order valence-corrected chi connectivity index (χ3v) is 3.83. The van der Waals surface area contributed by atoms with Crippen molar-refractivity contribution in [2.75, 3.05) is 6.54 Å². The van der Waals surface area contributed by atoms with Crippen molar-refractivity contribution in [3.8, 4) is 0 Å². The summed E-state index contributed by atoms with van der Waals surface area (Å²) in [6.07, 6.45) is 5.70. The van der Waals surface area contributed by atoms with Crippen LogP contribution in [0.2, 0.25) is 0 Å². The molecule has 1 aliphatic rings. The Labute approximate surface area is 101 Å². The van der Waals surface area contributed by atoms with Crippen molar-refractivity contribution in [1.29, 1.82) is 0 Å². The molecule has 0 amide bonds. The van der Waals surface area contributed by atoms with Gasteiger partial charge in [0, 0.05) is 0 Å². The van der Waals surface area contributed by atoms with Gasteiger partial charge in [-0.1, -0.05) is 25.3 Å². The molecule has 0 aromatic heterocycles. The normalized spacial score (nSPS) is 25.6. The number of rotatable bonds is 2. The number of hydrogen-bond acceptors (Lipinski definition) is 1. The van der Waals surface area contributed by atoms with Crippen LogP contribution in [0.3, 0.4) is 0 Å². The van der Waals surface area contributed by atoms with E-state index in [9.17, 15) is 8.78 Å². The number of hydrogen-bond donors (Lipinski definition) is 1. The van der Waals surface area contributed by atoms with Crippen molar-refractivity contribution >= 4 is 0 Å². The topological polar surface area (TPSA) is 26.0 Å². The maximum Gasteiger partial charge on any atom is 0.159 e. The van der Waals surface area contributed by atoms with Crippen LogP contribution >= 0.6 is 0 Å². The van der Waals surface area contributed by atoms with Gasteiger partial charge in [-0.3, -0.25) is 0 Å². The molecule has 0 spiro atoms. The molecule has 1 fully saturated rings. The van der Waals surface area contributed by atoms with E-state index in [-0.39, 0.29) is 5.92 Å². The zero-order valence-corrected chi connectivity index (χ0v) is 9.96. The third-order valence-electron chi connectivity index (χ3n) is 3.83. The summed E-state index contributed by atoms with van der Waals surface area (Å²) in [5.41, 5.74) is 6.70. The van der Waals surface area contributed by atoms with Gasteiger partial charge < -0.3 is 5.73 Å². The van der Waals surface area contributed by atoms with Crippen LogP contribution in [-0.4, -0.2) is 6.54 Å². The largest absolute Gasteiger partial charge is 0.330 e. The van der Waals surface area contributed by atoms with Crippen LogP contribution in [-0.2, 0) is 0 Å². The zero-order valence-electron chi connectivity index (χ0n) is 9.96. The van der Waals surface area contributed by atoms with Crippen LogP contribution in [0.15, 0.2) is 18.2 Å². The van der Waals surface area contributed by atoms with Crippen molar-refractivity contribution in [3.05, 3.63) is 35.4 Å². The van der Waals surface area contributed by atoms with Crippen molar-refractivity contribution < 1.29 is 8.78 Å². The summed E-state index contributed by atoms with van der Waals surface area (Å²) in [6, 6.07) is 4.27. The van der Waals surface area contributed by atoms with Crippen molar-refractivity contribution in [3.63, 3.8) is 0 Å². The summed E-state index contributed by atoms with van der Waals surface area (Å²) < 4.78 is 26.2. The van der Waals surface area contributed by atoms with Gasteiger partial charge in [-0.15, -0.1) is 0 Å². The number of halogens is 2. The van der Waals surface area contributed by atoms with Crippen LogP contribution in [0, 0.1) is 17.6 Å². The lowest BCUT2D eigenvalue weighted by molar-refractivity contribution is 0.405. The molecular formula is C14H19F2N. The molecule has 2 unspecified atom stereocenters. The van der Waals surface area contributed by atoms with Crippen molar-refractivity contribution in [1.82, 2.24) is 0 Å². The third kappa shape index (κ3) is 2.83. The zero-order chi connectivity index (χ0) is 12.3. The Bertz CT molecular complexity index is 378.